The molecule has 1 aromatic rings. The third-order valence-electron chi connectivity index (χ3n) is 2.36. The van der Waals surface area contributed by atoms with Gasteiger partial charge >= 0.3 is 5.97 Å². The van der Waals surface area contributed by atoms with Gasteiger partial charge in [0, 0.05) is 16.8 Å². The molecule has 1 aromatic heterocycles. The highest BCUT2D eigenvalue weighted by molar-refractivity contribution is 7.91. The molecule has 0 aliphatic heterocycles. The first kappa shape index (κ1) is 15.1. The molecule has 0 fully saturated rings. The zero-order valence-corrected chi connectivity index (χ0v) is 12.2. The number of carboxylic acids is 1. The zero-order valence-electron chi connectivity index (χ0n) is 10.6. The lowest BCUT2D eigenvalue weighted by atomic mass is 10.0. The summed E-state index contributed by atoms with van der Waals surface area (Å²) in [4.78, 5) is 11.4. The van der Waals surface area contributed by atoms with Crippen LogP contribution in [0.1, 0.15) is 31.6 Å². The van der Waals surface area contributed by atoms with Crippen molar-refractivity contribution in [2.45, 2.75) is 43.4 Å². The molecule has 1 heterocycles. The Hall–Kier alpha value is -0.920. The van der Waals surface area contributed by atoms with Crippen molar-refractivity contribution in [1.82, 2.24) is 4.72 Å². The Morgan fingerprint density at radius 1 is 1.44 bits per heavy atom. The van der Waals surface area contributed by atoms with Crippen LogP contribution in [-0.2, 0) is 14.8 Å². The van der Waals surface area contributed by atoms with E-state index in [0.717, 1.165) is 4.88 Å². The van der Waals surface area contributed by atoms with E-state index in [1.165, 1.54) is 11.3 Å². The predicted octanol–water partition coefficient (Wildman–Crippen LogP) is 1.98. The van der Waals surface area contributed by atoms with Gasteiger partial charge in [0.1, 0.15) is 4.21 Å². The molecule has 0 spiro atoms. The van der Waals surface area contributed by atoms with Gasteiger partial charge < -0.3 is 5.11 Å². The minimum atomic E-state index is -3.57. The van der Waals surface area contributed by atoms with Gasteiger partial charge in [-0.25, -0.2) is 13.1 Å². The molecule has 0 amide bonds. The summed E-state index contributed by atoms with van der Waals surface area (Å²) in [6, 6.07) is 3.29. The van der Waals surface area contributed by atoms with Gasteiger partial charge in [0.25, 0.3) is 10.0 Å². The Morgan fingerprint density at radius 3 is 2.50 bits per heavy atom. The van der Waals surface area contributed by atoms with E-state index in [-0.39, 0.29) is 17.1 Å². The first-order valence-corrected chi connectivity index (χ1v) is 7.75. The largest absolute Gasteiger partial charge is 0.481 e. The van der Waals surface area contributed by atoms with Gasteiger partial charge in [-0.05, 0) is 39.3 Å². The maximum Gasteiger partial charge on any atom is 0.303 e. The second-order valence-corrected chi connectivity index (χ2v) is 7.95. The summed E-state index contributed by atoms with van der Waals surface area (Å²) < 4.78 is 26.9. The maximum absolute atomic E-state index is 12.1. The number of hydrogen-bond donors (Lipinski definition) is 2. The smallest absolute Gasteiger partial charge is 0.303 e. The lowest BCUT2D eigenvalue weighted by Crippen LogP contribution is -2.43. The highest BCUT2D eigenvalue weighted by Gasteiger charge is 2.27. The molecule has 0 aromatic carbocycles. The number of carboxylic acid groups (broad SMARTS) is 1. The predicted molar refractivity (Wildman–Crippen MR) is 70.3 cm³/mol. The molecule has 0 aliphatic carbocycles. The summed E-state index contributed by atoms with van der Waals surface area (Å²) in [7, 11) is -3.57. The molecular weight excluding hydrogens is 274 g/mol. The normalized spacial score (nSPS) is 12.6. The number of carbonyl (C=O) groups is 1. The van der Waals surface area contributed by atoms with Crippen molar-refractivity contribution in [1.29, 1.82) is 0 Å². The van der Waals surface area contributed by atoms with Crippen LogP contribution in [0.15, 0.2) is 16.3 Å². The highest BCUT2D eigenvalue weighted by Crippen LogP contribution is 2.23. The first-order chi connectivity index (χ1) is 8.12. The molecule has 2 N–H and O–H groups in total. The Bertz CT molecular complexity index is 531. The van der Waals surface area contributed by atoms with E-state index >= 15 is 0 Å². The number of sulfonamides is 1. The zero-order chi connectivity index (χ0) is 14.0. The van der Waals surface area contributed by atoms with E-state index in [9.17, 15) is 13.2 Å². The van der Waals surface area contributed by atoms with E-state index in [2.05, 4.69) is 4.72 Å². The summed E-state index contributed by atoms with van der Waals surface area (Å²) in [6.45, 7) is 5.18. The van der Waals surface area contributed by atoms with Gasteiger partial charge in [-0.1, -0.05) is 0 Å². The van der Waals surface area contributed by atoms with E-state index < -0.39 is 21.5 Å². The van der Waals surface area contributed by atoms with Crippen molar-refractivity contribution in [2.75, 3.05) is 0 Å². The van der Waals surface area contributed by atoms with Crippen LogP contribution in [0.25, 0.3) is 0 Å². The van der Waals surface area contributed by atoms with Gasteiger partial charge in [-0.3, -0.25) is 4.79 Å². The molecule has 5 nitrogen and oxygen atoms in total. The molecular formula is C11H17NO4S2. The number of hydrogen-bond acceptors (Lipinski definition) is 4. The lowest BCUT2D eigenvalue weighted by Gasteiger charge is -2.24. The average molecular weight is 291 g/mol. The van der Waals surface area contributed by atoms with Crippen molar-refractivity contribution in [3.05, 3.63) is 17.0 Å². The SMILES string of the molecule is Cc1ccc(S(=O)(=O)NC(C)(C)CCC(=O)O)s1. The van der Waals surface area contributed by atoms with E-state index in [0.29, 0.717) is 0 Å². The van der Waals surface area contributed by atoms with Crippen LogP contribution in [0.4, 0.5) is 0 Å². The van der Waals surface area contributed by atoms with Gasteiger partial charge in [0.2, 0.25) is 0 Å². The standard InChI is InChI=1S/C11H17NO4S2/c1-8-4-5-10(17-8)18(15,16)12-11(2,3)7-6-9(13)14/h4-5,12H,6-7H2,1-3H3,(H,13,14). The van der Waals surface area contributed by atoms with E-state index in [4.69, 9.17) is 5.11 Å². The van der Waals surface area contributed by atoms with Gasteiger partial charge in [-0.2, -0.15) is 0 Å². The Balaban J connectivity index is 2.79. The molecule has 0 saturated carbocycles. The molecule has 102 valence electrons. The van der Waals surface area contributed by atoms with Crippen LogP contribution in [0.3, 0.4) is 0 Å². The fourth-order valence-corrected chi connectivity index (χ4v) is 4.17. The summed E-state index contributed by atoms with van der Waals surface area (Å²) in [5.41, 5.74) is -0.783. The van der Waals surface area contributed by atoms with E-state index in [1.54, 1.807) is 26.0 Å². The topological polar surface area (TPSA) is 83.5 Å². The summed E-state index contributed by atoms with van der Waals surface area (Å²) in [6.07, 6.45) is 0.172. The molecule has 0 aliphatic rings. The first-order valence-electron chi connectivity index (χ1n) is 5.45. The second kappa shape index (κ2) is 5.38. The minimum absolute atomic E-state index is 0.0704. The third kappa shape index (κ3) is 4.40. The Morgan fingerprint density at radius 2 is 2.06 bits per heavy atom. The molecule has 0 unspecified atom stereocenters. The number of rotatable bonds is 6. The molecule has 0 atom stereocenters. The van der Waals surface area contributed by atoms with Crippen LogP contribution in [0.2, 0.25) is 0 Å². The summed E-state index contributed by atoms with van der Waals surface area (Å²) >= 11 is 1.19. The van der Waals surface area contributed by atoms with Gasteiger partial charge in [0.05, 0.1) is 0 Å². The quantitative estimate of drug-likeness (QED) is 0.839. The molecule has 1 rings (SSSR count). The lowest BCUT2D eigenvalue weighted by molar-refractivity contribution is -0.137. The van der Waals surface area contributed by atoms with Crippen molar-refractivity contribution in [3.8, 4) is 0 Å². The van der Waals surface area contributed by atoms with Crippen LogP contribution in [0.5, 0.6) is 0 Å². The third-order valence-corrected chi connectivity index (χ3v) is 5.55. The minimum Gasteiger partial charge on any atom is -0.481 e. The van der Waals surface area contributed by atoms with Crippen molar-refractivity contribution in [2.24, 2.45) is 0 Å². The monoisotopic (exact) mass is 291 g/mol. The maximum atomic E-state index is 12.1. The Kier molecular flexibility index (Phi) is 4.52. The second-order valence-electron chi connectivity index (χ2n) is 4.75. The van der Waals surface area contributed by atoms with Crippen LogP contribution < -0.4 is 4.72 Å². The summed E-state index contributed by atoms with van der Waals surface area (Å²) in [5, 5.41) is 8.62. The van der Waals surface area contributed by atoms with E-state index in [1.807, 2.05) is 6.92 Å². The summed E-state index contributed by atoms with van der Waals surface area (Å²) in [5.74, 6) is -0.936. The van der Waals surface area contributed by atoms with Crippen LogP contribution in [0, 0.1) is 6.92 Å². The number of aryl methyl sites for hydroxylation is 1. The molecule has 0 saturated heterocycles. The van der Waals surface area contributed by atoms with Gasteiger partial charge in [0.15, 0.2) is 0 Å². The number of aliphatic carboxylic acids is 1. The molecule has 18 heavy (non-hydrogen) atoms. The van der Waals surface area contributed by atoms with Crippen molar-refractivity contribution in [3.63, 3.8) is 0 Å². The van der Waals surface area contributed by atoms with Crippen molar-refractivity contribution >= 4 is 27.3 Å². The van der Waals surface area contributed by atoms with Crippen LogP contribution in [-0.4, -0.2) is 25.0 Å². The number of nitrogens with one attached hydrogen (secondary N) is 1. The Labute approximate surface area is 111 Å². The molecule has 0 bridgehead atoms. The fourth-order valence-electron chi connectivity index (χ4n) is 1.44. The fraction of sp³-hybridized carbons (Fsp3) is 0.545. The van der Waals surface area contributed by atoms with Crippen molar-refractivity contribution < 1.29 is 18.3 Å². The molecule has 7 heteroatoms. The molecule has 0 radical (unpaired) electrons. The number of thiophene rings is 1. The average Bonchev–Trinajstić information content (AvgIpc) is 2.61. The van der Waals surface area contributed by atoms with Crippen LogP contribution >= 0.6 is 11.3 Å². The highest BCUT2D eigenvalue weighted by atomic mass is 32.2. The van der Waals surface area contributed by atoms with Gasteiger partial charge in [-0.15, -0.1) is 11.3 Å².